The Hall–Kier alpha value is -0.820. The molecule has 1 N–H and O–H groups in total. The standard InChI is InChI=1S/C23H35N3O.HI/c1-24-23(25-16-20-15-22(20)19-9-3-2-4-10-19)26-13-11-21(12-14-26)27-17-18-7-5-6-8-18;/h2-4,9-10,18,20-22H,5-8,11-17H2,1H3,(H,24,25);1H. The molecule has 0 spiro atoms. The Morgan fingerprint density at radius 3 is 2.50 bits per heavy atom. The smallest absolute Gasteiger partial charge is 0.193 e. The van der Waals surface area contributed by atoms with Crippen LogP contribution in [0.3, 0.4) is 0 Å². The summed E-state index contributed by atoms with van der Waals surface area (Å²) in [5.74, 6) is 3.37. The summed E-state index contributed by atoms with van der Waals surface area (Å²) in [6, 6.07) is 10.9. The van der Waals surface area contributed by atoms with Gasteiger partial charge in [-0.05, 0) is 55.4 Å². The van der Waals surface area contributed by atoms with E-state index in [2.05, 4.69) is 45.5 Å². The molecular weight excluding hydrogens is 461 g/mol. The zero-order chi connectivity index (χ0) is 18.5. The fourth-order valence-corrected chi connectivity index (χ4v) is 4.82. The van der Waals surface area contributed by atoms with Gasteiger partial charge in [0.15, 0.2) is 5.96 Å². The van der Waals surface area contributed by atoms with Gasteiger partial charge in [-0.3, -0.25) is 4.99 Å². The van der Waals surface area contributed by atoms with Gasteiger partial charge in [0, 0.05) is 33.3 Å². The number of likely N-dealkylation sites (tertiary alicyclic amines) is 1. The maximum Gasteiger partial charge on any atom is 0.193 e. The summed E-state index contributed by atoms with van der Waals surface area (Å²) in [7, 11) is 1.91. The van der Waals surface area contributed by atoms with Gasteiger partial charge in [-0.25, -0.2) is 0 Å². The zero-order valence-electron chi connectivity index (χ0n) is 17.2. The number of guanidine groups is 1. The molecule has 2 saturated carbocycles. The Morgan fingerprint density at radius 2 is 1.82 bits per heavy atom. The summed E-state index contributed by atoms with van der Waals surface area (Å²) < 4.78 is 6.21. The number of aliphatic imine (C=N–C) groups is 1. The van der Waals surface area contributed by atoms with Crippen LogP contribution >= 0.6 is 24.0 Å². The van der Waals surface area contributed by atoms with Gasteiger partial charge in [-0.1, -0.05) is 43.2 Å². The van der Waals surface area contributed by atoms with Crippen LogP contribution in [0.15, 0.2) is 35.3 Å². The van der Waals surface area contributed by atoms with Crippen molar-refractivity contribution in [1.82, 2.24) is 10.2 Å². The summed E-state index contributed by atoms with van der Waals surface area (Å²) in [5, 5.41) is 3.63. The Labute approximate surface area is 187 Å². The number of hydrogen-bond donors (Lipinski definition) is 1. The van der Waals surface area contributed by atoms with Crippen molar-refractivity contribution in [3.05, 3.63) is 35.9 Å². The summed E-state index contributed by atoms with van der Waals surface area (Å²) in [6.45, 7) is 4.13. The zero-order valence-corrected chi connectivity index (χ0v) is 19.5. The van der Waals surface area contributed by atoms with E-state index in [1.165, 1.54) is 37.7 Å². The number of nitrogens with zero attached hydrogens (tertiary/aromatic N) is 2. The van der Waals surface area contributed by atoms with Gasteiger partial charge in [-0.2, -0.15) is 0 Å². The van der Waals surface area contributed by atoms with E-state index in [1.807, 2.05) is 7.05 Å². The minimum Gasteiger partial charge on any atom is -0.378 e. The van der Waals surface area contributed by atoms with Crippen LogP contribution in [0.1, 0.15) is 56.4 Å². The van der Waals surface area contributed by atoms with Crippen LogP contribution in [-0.2, 0) is 4.74 Å². The first kappa shape index (κ1) is 21.9. The molecule has 5 heteroatoms. The highest BCUT2D eigenvalue weighted by molar-refractivity contribution is 14.0. The molecular formula is C23H36IN3O. The molecule has 28 heavy (non-hydrogen) atoms. The van der Waals surface area contributed by atoms with Crippen LogP contribution < -0.4 is 5.32 Å². The molecule has 1 saturated heterocycles. The second-order valence-electron chi connectivity index (χ2n) is 8.61. The lowest BCUT2D eigenvalue weighted by molar-refractivity contribution is 0.00101. The normalized spacial score (nSPS) is 26.2. The number of rotatable bonds is 6. The maximum atomic E-state index is 6.21. The fraction of sp³-hybridized carbons (Fsp3) is 0.696. The highest BCUT2D eigenvalue weighted by Crippen LogP contribution is 2.46. The molecule has 2 aliphatic carbocycles. The first-order valence-electron chi connectivity index (χ1n) is 11.0. The Kier molecular flexibility index (Phi) is 8.45. The second kappa shape index (κ2) is 10.8. The number of benzene rings is 1. The molecule has 4 nitrogen and oxygen atoms in total. The highest BCUT2D eigenvalue weighted by atomic mass is 127. The van der Waals surface area contributed by atoms with E-state index >= 15 is 0 Å². The SMILES string of the molecule is CN=C(NCC1CC1c1ccccc1)N1CCC(OCC2CCCC2)CC1.I. The number of ether oxygens (including phenoxy) is 1. The molecule has 3 fully saturated rings. The average Bonchev–Trinajstić information content (AvgIpc) is 3.31. The molecule has 2 atom stereocenters. The lowest BCUT2D eigenvalue weighted by atomic mass is 10.1. The molecule has 0 amide bonds. The first-order chi connectivity index (χ1) is 13.3. The molecule has 4 rings (SSSR count). The van der Waals surface area contributed by atoms with Crippen molar-refractivity contribution >= 4 is 29.9 Å². The molecule has 156 valence electrons. The highest BCUT2D eigenvalue weighted by Gasteiger charge is 2.38. The lowest BCUT2D eigenvalue weighted by Gasteiger charge is -2.34. The van der Waals surface area contributed by atoms with E-state index in [-0.39, 0.29) is 24.0 Å². The van der Waals surface area contributed by atoms with Crippen LogP contribution in [0.4, 0.5) is 0 Å². The molecule has 1 heterocycles. The van der Waals surface area contributed by atoms with E-state index in [4.69, 9.17) is 4.74 Å². The van der Waals surface area contributed by atoms with Crippen LogP contribution in [0, 0.1) is 11.8 Å². The Morgan fingerprint density at radius 1 is 1.11 bits per heavy atom. The molecule has 2 unspecified atom stereocenters. The number of hydrogen-bond acceptors (Lipinski definition) is 2. The van der Waals surface area contributed by atoms with Crippen LogP contribution in [0.2, 0.25) is 0 Å². The molecule has 1 aromatic rings. The summed E-state index contributed by atoms with van der Waals surface area (Å²) in [6.07, 6.45) is 9.56. The average molecular weight is 497 g/mol. The van der Waals surface area contributed by atoms with Gasteiger partial charge in [0.1, 0.15) is 0 Å². The molecule has 0 aromatic heterocycles. The third kappa shape index (κ3) is 5.85. The lowest BCUT2D eigenvalue weighted by Crippen LogP contribution is -2.47. The van der Waals surface area contributed by atoms with Crippen molar-refractivity contribution in [3.8, 4) is 0 Å². The van der Waals surface area contributed by atoms with E-state index in [0.717, 1.165) is 62.8 Å². The van der Waals surface area contributed by atoms with E-state index in [0.29, 0.717) is 6.10 Å². The quantitative estimate of drug-likeness (QED) is 0.353. The second-order valence-corrected chi connectivity index (χ2v) is 8.61. The van der Waals surface area contributed by atoms with Crippen molar-refractivity contribution in [1.29, 1.82) is 0 Å². The number of nitrogens with one attached hydrogen (secondary N) is 1. The minimum absolute atomic E-state index is 0. The van der Waals surface area contributed by atoms with Crippen molar-refractivity contribution in [2.75, 3.05) is 33.3 Å². The van der Waals surface area contributed by atoms with E-state index < -0.39 is 0 Å². The fourth-order valence-electron chi connectivity index (χ4n) is 4.82. The largest absolute Gasteiger partial charge is 0.378 e. The van der Waals surface area contributed by atoms with Crippen molar-refractivity contribution in [3.63, 3.8) is 0 Å². The third-order valence-corrected chi connectivity index (χ3v) is 6.67. The van der Waals surface area contributed by atoms with Crippen LogP contribution in [0.25, 0.3) is 0 Å². The van der Waals surface area contributed by atoms with Crippen LogP contribution in [0.5, 0.6) is 0 Å². The summed E-state index contributed by atoms with van der Waals surface area (Å²) in [4.78, 5) is 6.95. The predicted octanol–water partition coefficient (Wildman–Crippen LogP) is 4.65. The van der Waals surface area contributed by atoms with Gasteiger partial charge in [-0.15, -0.1) is 24.0 Å². The van der Waals surface area contributed by atoms with E-state index in [1.54, 1.807) is 0 Å². The first-order valence-corrected chi connectivity index (χ1v) is 11.0. The monoisotopic (exact) mass is 497 g/mol. The molecule has 0 bridgehead atoms. The van der Waals surface area contributed by atoms with Gasteiger partial charge < -0.3 is 15.0 Å². The molecule has 1 aromatic carbocycles. The molecule has 3 aliphatic rings. The van der Waals surface area contributed by atoms with Crippen molar-refractivity contribution < 1.29 is 4.74 Å². The molecule has 0 radical (unpaired) electrons. The maximum absolute atomic E-state index is 6.21. The van der Waals surface area contributed by atoms with E-state index in [9.17, 15) is 0 Å². The predicted molar refractivity (Wildman–Crippen MR) is 127 cm³/mol. The third-order valence-electron chi connectivity index (χ3n) is 6.67. The van der Waals surface area contributed by atoms with Gasteiger partial charge in [0.05, 0.1) is 6.10 Å². The summed E-state index contributed by atoms with van der Waals surface area (Å²) >= 11 is 0. The van der Waals surface area contributed by atoms with Crippen molar-refractivity contribution in [2.24, 2.45) is 16.8 Å². The van der Waals surface area contributed by atoms with Gasteiger partial charge in [0.25, 0.3) is 0 Å². The topological polar surface area (TPSA) is 36.9 Å². The summed E-state index contributed by atoms with van der Waals surface area (Å²) in [5.41, 5.74) is 1.49. The van der Waals surface area contributed by atoms with Crippen molar-refractivity contribution in [2.45, 2.75) is 57.0 Å². The Balaban J connectivity index is 0.00000225. The Bertz CT molecular complexity index is 610. The van der Waals surface area contributed by atoms with Crippen LogP contribution in [-0.4, -0.2) is 50.3 Å². The number of halogens is 1. The molecule has 1 aliphatic heterocycles. The van der Waals surface area contributed by atoms with Gasteiger partial charge in [0.2, 0.25) is 0 Å². The minimum atomic E-state index is 0. The van der Waals surface area contributed by atoms with Gasteiger partial charge >= 0.3 is 0 Å². The number of piperidine rings is 1.